The van der Waals surface area contributed by atoms with E-state index in [1.165, 1.54) is 25.5 Å². The Morgan fingerprint density at radius 1 is 1.07 bits per heavy atom. The summed E-state index contributed by atoms with van der Waals surface area (Å²) in [5, 5.41) is 0. The Morgan fingerprint density at radius 3 is 2.59 bits per heavy atom. The number of anilines is 3. The third-order valence-corrected chi connectivity index (χ3v) is 7.62. The maximum Gasteiger partial charge on any atom is 0.278 e. The second-order valence-corrected chi connectivity index (χ2v) is 9.38. The van der Waals surface area contributed by atoms with E-state index in [0.717, 1.165) is 29.1 Å². The normalized spacial score (nSPS) is 20.5. The predicted molar refractivity (Wildman–Crippen MR) is 110 cm³/mol. The van der Waals surface area contributed by atoms with Crippen molar-refractivity contribution in [3.8, 4) is 0 Å². The summed E-state index contributed by atoms with van der Waals surface area (Å²) in [6.07, 6.45) is 2.46. The smallest absolute Gasteiger partial charge is 0.278 e. The SMILES string of the molecule is Nc1cc(S(=O)(=O)N(Cl)c2ccccc2)ccc1N1CCN2CCCC2C1. The summed E-state index contributed by atoms with van der Waals surface area (Å²) in [5.41, 5.74) is 7.98. The first-order valence-corrected chi connectivity index (χ1v) is 10.9. The minimum absolute atomic E-state index is 0.0853. The first-order valence-electron chi connectivity index (χ1n) is 9.11. The van der Waals surface area contributed by atoms with Gasteiger partial charge in [0.1, 0.15) is 0 Å². The van der Waals surface area contributed by atoms with Crippen LogP contribution in [0, 0.1) is 0 Å². The lowest BCUT2D eigenvalue weighted by Crippen LogP contribution is -2.50. The molecular weight excluding hydrogens is 384 g/mol. The number of sulfonamides is 1. The van der Waals surface area contributed by atoms with E-state index in [1.54, 1.807) is 42.5 Å². The lowest BCUT2D eigenvalue weighted by molar-refractivity contribution is 0.231. The molecule has 0 aliphatic carbocycles. The third-order valence-electron chi connectivity index (χ3n) is 5.40. The largest absolute Gasteiger partial charge is 0.397 e. The number of hydrogen-bond acceptors (Lipinski definition) is 5. The van der Waals surface area contributed by atoms with Crippen LogP contribution in [0.25, 0.3) is 0 Å². The quantitative estimate of drug-likeness (QED) is 0.624. The minimum Gasteiger partial charge on any atom is -0.397 e. The third kappa shape index (κ3) is 3.47. The van der Waals surface area contributed by atoms with Crippen molar-refractivity contribution in [2.24, 2.45) is 0 Å². The molecule has 1 unspecified atom stereocenters. The molecule has 4 rings (SSSR count). The maximum atomic E-state index is 12.8. The van der Waals surface area contributed by atoms with E-state index in [4.69, 9.17) is 17.5 Å². The number of nitrogens with zero attached hydrogens (tertiary/aromatic N) is 3. The molecule has 0 saturated carbocycles. The average molecular weight is 407 g/mol. The number of nitrogen functional groups attached to an aromatic ring is 1. The first-order chi connectivity index (χ1) is 13.0. The van der Waals surface area contributed by atoms with Crippen LogP contribution >= 0.6 is 11.8 Å². The fourth-order valence-electron chi connectivity index (χ4n) is 3.97. The van der Waals surface area contributed by atoms with E-state index in [0.29, 0.717) is 17.4 Å². The molecule has 0 spiro atoms. The van der Waals surface area contributed by atoms with E-state index in [1.807, 2.05) is 0 Å². The van der Waals surface area contributed by atoms with Gasteiger partial charge in [-0.25, -0.2) is 0 Å². The summed E-state index contributed by atoms with van der Waals surface area (Å²) in [4.78, 5) is 4.87. The number of nitrogens with two attached hydrogens (primary N) is 1. The highest BCUT2D eigenvalue weighted by atomic mass is 35.5. The van der Waals surface area contributed by atoms with Gasteiger partial charge in [-0.2, -0.15) is 12.2 Å². The van der Waals surface area contributed by atoms with Gasteiger partial charge in [0.05, 0.1) is 22.0 Å². The summed E-state index contributed by atoms with van der Waals surface area (Å²) < 4.78 is 26.4. The number of halogens is 1. The molecule has 2 fully saturated rings. The van der Waals surface area contributed by atoms with Gasteiger partial charge in [0.15, 0.2) is 0 Å². The van der Waals surface area contributed by atoms with Gasteiger partial charge in [-0.15, -0.1) is 0 Å². The van der Waals surface area contributed by atoms with Crippen molar-refractivity contribution in [3.63, 3.8) is 0 Å². The van der Waals surface area contributed by atoms with Gasteiger partial charge in [-0.3, -0.25) is 4.90 Å². The molecule has 0 amide bonds. The lowest BCUT2D eigenvalue weighted by atomic mass is 10.1. The van der Waals surface area contributed by atoms with Crippen LogP contribution in [0.3, 0.4) is 0 Å². The van der Waals surface area contributed by atoms with Crippen LogP contribution in [-0.4, -0.2) is 45.5 Å². The van der Waals surface area contributed by atoms with Gasteiger partial charge in [-0.1, -0.05) is 18.2 Å². The average Bonchev–Trinajstić information content (AvgIpc) is 3.15. The molecule has 2 aromatic carbocycles. The van der Waals surface area contributed by atoms with Crippen molar-refractivity contribution >= 4 is 38.9 Å². The molecule has 0 radical (unpaired) electrons. The Bertz CT molecular complexity index is 923. The van der Waals surface area contributed by atoms with E-state index in [9.17, 15) is 8.42 Å². The predicted octanol–water partition coefficient (Wildman–Crippen LogP) is 2.90. The molecule has 8 heteroatoms. The summed E-state index contributed by atoms with van der Waals surface area (Å²) in [5.74, 6) is 0. The van der Waals surface area contributed by atoms with Crippen LogP contribution < -0.4 is 14.5 Å². The highest BCUT2D eigenvalue weighted by molar-refractivity contribution is 7.94. The van der Waals surface area contributed by atoms with Crippen LogP contribution in [0.15, 0.2) is 53.4 Å². The molecule has 2 N–H and O–H groups in total. The molecular formula is C19H23ClN4O2S. The van der Waals surface area contributed by atoms with Crippen molar-refractivity contribution in [1.82, 2.24) is 4.90 Å². The number of hydrogen-bond donors (Lipinski definition) is 1. The van der Waals surface area contributed by atoms with Crippen molar-refractivity contribution < 1.29 is 8.42 Å². The molecule has 1 atom stereocenters. The Balaban J connectivity index is 1.58. The molecule has 6 nitrogen and oxygen atoms in total. The van der Waals surface area contributed by atoms with Crippen LogP contribution in [-0.2, 0) is 10.0 Å². The van der Waals surface area contributed by atoms with E-state index in [-0.39, 0.29) is 4.90 Å². The Hall–Kier alpha value is -1.96. The zero-order chi connectivity index (χ0) is 19.0. The second-order valence-electron chi connectivity index (χ2n) is 7.05. The number of benzene rings is 2. The molecule has 2 aliphatic rings. The van der Waals surface area contributed by atoms with Crippen molar-refractivity contribution in [2.45, 2.75) is 23.8 Å². The molecule has 27 heavy (non-hydrogen) atoms. The number of fused-ring (bicyclic) bond motifs is 1. The topological polar surface area (TPSA) is 69.9 Å². The highest BCUT2D eigenvalue weighted by Crippen LogP contribution is 2.33. The summed E-state index contributed by atoms with van der Waals surface area (Å²) >= 11 is 6.12. The number of para-hydroxylation sites is 1. The molecule has 0 bridgehead atoms. The lowest BCUT2D eigenvalue weighted by Gasteiger charge is -2.39. The van der Waals surface area contributed by atoms with E-state index in [2.05, 4.69) is 9.80 Å². The first kappa shape index (κ1) is 18.4. The Kier molecular flexibility index (Phi) is 4.92. The maximum absolute atomic E-state index is 12.8. The monoisotopic (exact) mass is 406 g/mol. The fourth-order valence-corrected chi connectivity index (χ4v) is 5.42. The number of rotatable bonds is 4. The van der Waals surface area contributed by atoms with E-state index < -0.39 is 10.0 Å². The zero-order valence-corrected chi connectivity index (χ0v) is 16.5. The van der Waals surface area contributed by atoms with Gasteiger partial charge in [-0.05, 0) is 49.7 Å². The molecule has 144 valence electrons. The summed E-state index contributed by atoms with van der Waals surface area (Å²) in [6, 6.07) is 14.0. The minimum atomic E-state index is -3.88. The highest BCUT2D eigenvalue weighted by Gasteiger charge is 2.31. The number of piperazine rings is 1. The molecule has 2 heterocycles. The van der Waals surface area contributed by atoms with Crippen LogP contribution in [0.4, 0.5) is 17.1 Å². The molecule has 2 aliphatic heterocycles. The fraction of sp³-hybridized carbons (Fsp3) is 0.368. The van der Waals surface area contributed by atoms with Crippen molar-refractivity contribution in [3.05, 3.63) is 48.5 Å². The Morgan fingerprint density at radius 2 is 1.85 bits per heavy atom. The van der Waals surface area contributed by atoms with Crippen molar-refractivity contribution in [2.75, 3.05) is 40.6 Å². The van der Waals surface area contributed by atoms with Crippen LogP contribution in [0.2, 0.25) is 0 Å². The zero-order valence-electron chi connectivity index (χ0n) is 15.0. The van der Waals surface area contributed by atoms with Gasteiger partial charge in [0.2, 0.25) is 0 Å². The van der Waals surface area contributed by atoms with Crippen LogP contribution in [0.5, 0.6) is 0 Å². The van der Waals surface area contributed by atoms with Crippen molar-refractivity contribution in [1.29, 1.82) is 0 Å². The van der Waals surface area contributed by atoms with Gasteiger partial charge in [0.25, 0.3) is 10.0 Å². The second kappa shape index (κ2) is 7.22. The standard InChI is InChI=1S/C19H23ClN4O2S/c20-24(15-5-2-1-3-6-15)27(25,26)17-8-9-19(18(21)13-17)23-12-11-22-10-4-7-16(22)14-23/h1-3,5-6,8-9,13,16H,4,7,10-12,14,21H2. The van der Waals surface area contributed by atoms with E-state index >= 15 is 0 Å². The Labute approximate surface area is 165 Å². The summed E-state index contributed by atoms with van der Waals surface area (Å²) in [6.45, 7) is 4.03. The molecule has 2 saturated heterocycles. The van der Waals surface area contributed by atoms with Gasteiger partial charge < -0.3 is 10.6 Å². The van der Waals surface area contributed by atoms with Crippen LogP contribution in [0.1, 0.15) is 12.8 Å². The van der Waals surface area contributed by atoms with Gasteiger partial charge in [0, 0.05) is 37.5 Å². The molecule has 2 aromatic rings. The summed E-state index contributed by atoms with van der Waals surface area (Å²) in [7, 11) is -3.88. The molecule has 0 aromatic heterocycles. The van der Waals surface area contributed by atoms with Gasteiger partial charge >= 0.3 is 0 Å².